The summed E-state index contributed by atoms with van der Waals surface area (Å²) in [5, 5.41) is 12.7. The summed E-state index contributed by atoms with van der Waals surface area (Å²) >= 11 is 1.31. The van der Waals surface area contributed by atoms with Crippen molar-refractivity contribution in [1.82, 2.24) is 29.7 Å². The molecular formula is C28H33N7O3S. The lowest BCUT2D eigenvalue weighted by molar-refractivity contribution is 0.0787. The van der Waals surface area contributed by atoms with E-state index < -0.39 is 5.66 Å². The molecule has 204 valence electrons. The molecule has 0 aromatic carbocycles. The summed E-state index contributed by atoms with van der Waals surface area (Å²) in [5.41, 5.74) is 1.34. The van der Waals surface area contributed by atoms with Crippen LogP contribution in [-0.2, 0) is 12.1 Å². The lowest BCUT2D eigenvalue weighted by Crippen LogP contribution is -2.49. The fourth-order valence-corrected chi connectivity index (χ4v) is 7.39. The van der Waals surface area contributed by atoms with Crippen molar-refractivity contribution in [2.24, 2.45) is 0 Å². The van der Waals surface area contributed by atoms with Crippen LogP contribution in [0.3, 0.4) is 0 Å². The van der Waals surface area contributed by atoms with Gasteiger partial charge in [-0.1, -0.05) is 6.42 Å². The Bertz CT molecular complexity index is 1570. The zero-order chi connectivity index (χ0) is 27.5. The third-order valence-corrected chi connectivity index (χ3v) is 9.54. The molecule has 0 bridgehead atoms. The second kappa shape index (κ2) is 9.63. The van der Waals surface area contributed by atoms with Gasteiger partial charge in [-0.05, 0) is 70.8 Å². The summed E-state index contributed by atoms with van der Waals surface area (Å²) in [6.07, 6.45) is 6.90. The second-order valence-electron chi connectivity index (χ2n) is 11.3. The molecule has 1 aliphatic carbocycles. The minimum Gasteiger partial charge on any atom is -0.336 e. The zero-order valence-corrected chi connectivity index (χ0v) is 23.4. The Morgan fingerprint density at radius 3 is 2.69 bits per heavy atom. The van der Waals surface area contributed by atoms with Crippen molar-refractivity contribution in [3.8, 4) is 0 Å². The smallest absolute Gasteiger partial charge is 0.270 e. The van der Waals surface area contributed by atoms with E-state index in [2.05, 4.69) is 20.2 Å². The van der Waals surface area contributed by atoms with Gasteiger partial charge in [0.1, 0.15) is 22.5 Å². The number of likely N-dealkylation sites (tertiary alicyclic amines) is 1. The fraction of sp³-hybridized carbons (Fsp3) is 0.500. The largest absolute Gasteiger partial charge is 0.336 e. The van der Waals surface area contributed by atoms with Crippen molar-refractivity contribution < 1.29 is 9.59 Å². The maximum Gasteiger partial charge on any atom is 0.270 e. The number of thiophene rings is 1. The van der Waals surface area contributed by atoms with Crippen LogP contribution in [0, 0.1) is 12.3 Å². The first kappa shape index (κ1) is 25.8. The number of likely N-dealkylation sites (N-methyl/N-ethyl adjacent to an activating group) is 1. The predicted molar refractivity (Wildman–Crippen MR) is 150 cm³/mol. The van der Waals surface area contributed by atoms with Gasteiger partial charge >= 0.3 is 0 Å². The first-order valence-corrected chi connectivity index (χ1v) is 14.4. The highest BCUT2D eigenvalue weighted by molar-refractivity contribution is 7.20. The molecule has 39 heavy (non-hydrogen) atoms. The summed E-state index contributed by atoms with van der Waals surface area (Å²) in [5.74, 6) is -0.224. The summed E-state index contributed by atoms with van der Waals surface area (Å²) in [6.45, 7) is 3.25. The van der Waals surface area contributed by atoms with Gasteiger partial charge in [0.05, 0.1) is 16.3 Å². The first-order chi connectivity index (χ1) is 18.7. The molecule has 1 atom stereocenters. The van der Waals surface area contributed by atoms with Crippen LogP contribution in [0.4, 0.5) is 0 Å². The molecule has 2 N–H and O–H groups in total. The van der Waals surface area contributed by atoms with E-state index in [0.717, 1.165) is 44.1 Å². The van der Waals surface area contributed by atoms with Crippen molar-refractivity contribution in [3.63, 3.8) is 0 Å². The first-order valence-electron chi connectivity index (χ1n) is 13.5. The number of hydrogen-bond acceptors (Lipinski definition) is 8. The van der Waals surface area contributed by atoms with Gasteiger partial charge in [-0.25, -0.2) is 9.97 Å². The number of hydrogen-bond donors (Lipinski definition) is 2. The normalized spacial score (nSPS) is 20.2. The minimum atomic E-state index is -0.670. The van der Waals surface area contributed by atoms with E-state index >= 15 is 0 Å². The van der Waals surface area contributed by atoms with Gasteiger partial charge in [0, 0.05) is 36.5 Å². The van der Waals surface area contributed by atoms with Gasteiger partial charge < -0.3 is 20.5 Å². The van der Waals surface area contributed by atoms with E-state index in [-0.39, 0.29) is 29.5 Å². The van der Waals surface area contributed by atoms with Crippen LogP contribution in [0.15, 0.2) is 23.3 Å². The molecule has 5 heterocycles. The van der Waals surface area contributed by atoms with Gasteiger partial charge in [-0.2, -0.15) is 0 Å². The molecular weight excluding hydrogens is 514 g/mol. The number of amides is 2. The van der Waals surface area contributed by atoms with Crippen LogP contribution in [0.2, 0.25) is 0 Å². The number of fused-ring (bicyclic) bond motifs is 3. The molecule has 2 fully saturated rings. The highest BCUT2D eigenvalue weighted by Crippen LogP contribution is 2.37. The summed E-state index contributed by atoms with van der Waals surface area (Å²) < 4.78 is 1.67. The minimum absolute atomic E-state index is 0.0257. The number of aryl methyl sites for hydroxylation is 1. The van der Waals surface area contributed by atoms with E-state index in [4.69, 9.17) is 5.41 Å². The number of carbonyl (C=O) groups excluding carboxylic acids is 2. The quantitative estimate of drug-likeness (QED) is 0.474. The van der Waals surface area contributed by atoms with Gasteiger partial charge in [-0.15, -0.1) is 11.3 Å². The third kappa shape index (κ3) is 4.28. The maximum atomic E-state index is 13.8. The summed E-state index contributed by atoms with van der Waals surface area (Å²) in [6, 6.07) is 3.87. The Morgan fingerprint density at radius 2 is 1.97 bits per heavy atom. The SMILES string of the molecule is Cc1cc(CC(=N)c2ncnc3sc(C(=O)N4CCC(N(C)C)C4)cc23)c(=O)n2c1C(=O)NC21CCCCC1. The molecule has 2 amide bonds. The molecule has 6 rings (SSSR count). The molecule has 3 aromatic heterocycles. The zero-order valence-electron chi connectivity index (χ0n) is 22.5. The van der Waals surface area contributed by atoms with Crippen LogP contribution in [-0.4, -0.2) is 75.1 Å². The number of rotatable bonds is 5. The Morgan fingerprint density at radius 1 is 1.21 bits per heavy atom. The van der Waals surface area contributed by atoms with Crippen molar-refractivity contribution in [2.45, 2.75) is 63.6 Å². The average Bonchev–Trinajstić information content (AvgIpc) is 3.63. The van der Waals surface area contributed by atoms with Gasteiger partial charge in [0.15, 0.2) is 0 Å². The fourth-order valence-electron chi connectivity index (χ4n) is 6.42. The molecule has 0 radical (unpaired) electrons. The molecule has 1 saturated heterocycles. The number of pyridine rings is 1. The Balaban J connectivity index is 1.31. The van der Waals surface area contributed by atoms with Crippen molar-refractivity contribution >= 4 is 39.1 Å². The van der Waals surface area contributed by atoms with E-state index in [1.165, 1.54) is 17.7 Å². The summed E-state index contributed by atoms with van der Waals surface area (Å²) in [4.78, 5) is 53.9. The van der Waals surface area contributed by atoms with Gasteiger partial charge in [-0.3, -0.25) is 19.0 Å². The standard InChI is InChI=1S/C28H33N7O3S/c1-16-11-17(26(37)35-23(16)24(36)32-28(35)8-5-4-6-9-28)12-20(29)22-19-13-21(39-25(19)31-15-30-22)27(38)34-10-7-18(14-34)33(2)3/h11,13,15,18,29H,4-10,12,14H2,1-3H3,(H,32,36). The average molecular weight is 548 g/mol. The molecule has 3 aliphatic rings. The van der Waals surface area contributed by atoms with E-state index in [9.17, 15) is 14.4 Å². The Hall–Kier alpha value is -3.44. The van der Waals surface area contributed by atoms with Gasteiger partial charge in [0.25, 0.3) is 17.4 Å². The van der Waals surface area contributed by atoms with Crippen molar-refractivity contribution in [2.75, 3.05) is 27.2 Å². The topological polar surface area (TPSA) is 124 Å². The number of aromatic nitrogens is 3. The highest BCUT2D eigenvalue weighted by Gasteiger charge is 2.45. The summed E-state index contributed by atoms with van der Waals surface area (Å²) in [7, 11) is 4.06. The lowest BCUT2D eigenvalue weighted by atomic mass is 9.89. The number of nitrogens with zero attached hydrogens (tertiary/aromatic N) is 5. The predicted octanol–water partition coefficient (Wildman–Crippen LogP) is 2.91. The van der Waals surface area contributed by atoms with Crippen LogP contribution in [0.1, 0.15) is 75.5 Å². The van der Waals surface area contributed by atoms with Crippen LogP contribution in [0.5, 0.6) is 0 Å². The van der Waals surface area contributed by atoms with E-state index in [0.29, 0.717) is 51.2 Å². The lowest BCUT2D eigenvalue weighted by Gasteiger charge is -2.35. The van der Waals surface area contributed by atoms with Crippen LogP contribution in [0.25, 0.3) is 10.2 Å². The second-order valence-corrected chi connectivity index (χ2v) is 12.3. The number of carbonyl (C=O) groups is 2. The molecule has 1 unspecified atom stereocenters. The van der Waals surface area contributed by atoms with E-state index in [1.807, 2.05) is 25.9 Å². The van der Waals surface area contributed by atoms with E-state index in [1.54, 1.807) is 16.7 Å². The van der Waals surface area contributed by atoms with Crippen molar-refractivity contribution in [1.29, 1.82) is 5.41 Å². The van der Waals surface area contributed by atoms with Crippen LogP contribution >= 0.6 is 11.3 Å². The Kier molecular flexibility index (Phi) is 6.38. The number of nitrogens with one attached hydrogen (secondary N) is 2. The van der Waals surface area contributed by atoms with Crippen LogP contribution < -0.4 is 10.9 Å². The van der Waals surface area contributed by atoms with Crippen molar-refractivity contribution in [3.05, 3.63) is 56.2 Å². The molecule has 11 heteroatoms. The monoisotopic (exact) mass is 547 g/mol. The van der Waals surface area contributed by atoms with Gasteiger partial charge in [0.2, 0.25) is 0 Å². The maximum absolute atomic E-state index is 13.8. The molecule has 2 aliphatic heterocycles. The molecule has 3 aromatic rings. The molecule has 1 saturated carbocycles. The molecule has 1 spiro atoms. The Labute approximate surface area is 230 Å². The highest BCUT2D eigenvalue weighted by atomic mass is 32.1. The third-order valence-electron chi connectivity index (χ3n) is 8.51. The molecule has 10 nitrogen and oxygen atoms in total.